The lowest BCUT2D eigenvalue weighted by Crippen LogP contribution is -2.28. The van der Waals surface area contributed by atoms with E-state index in [0.29, 0.717) is 17.5 Å². The quantitative estimate of drug-likeness (QED) is 0.161. The van der Waals surface area contributed by atoms with Crippen molar-refractivity contribution in [1.29, 1.82) is 0 Å². The third kappa shape index (κ3) is 5.80. The second-order valence-electron chi connectivity index (χ2n) is 15.9. The van der Waals surface area contributed by atoms with Gasteiger partial charge in [0.25, 0.3) is 0 Å². The Hall–Kier alpha value is -8.21. The van der Waals surface area contributed by atoms with Gasteiger partial charge in [0.15, 0.2) is 17.5 Å². The predicted octanol–water partition coefficient (Wildman–Crippen LogP) is 14.5. The van der Waals surface area contributed by atoms with Gasteiger partial charge >= 0.3 is 0 Å². The maximum absolute atomic E-state index is 6.68. The summed E-state index contributed by atoms with van der Waals surface area (Å²) in [4.78, 5) is 15.0. The van der Waals surface area contributed by atoms with Crippen molar-refractivity contribution >= 4 is 21.9 Å². The Balaban J connectivity index is 0.922. The minimum Gasteiger partial charge on any atom is -0.456 e. The van der Waals surface area contributed by atoms with Gasteiger partial charge in [-0.05, 0) is 79.9 Å². The second-order valence-corrected chi connectivity index (χ2v) is 15.9. The van der Waals surface area contributed by atoms with Gasteiger partial charge < -0.3 is 4.42 Å². The third-order valence-corrected chi connectivity index (χ3v) is 12.4. The molecule has 12 rings (SSSR count). The molecule has 2 aromatic heterocycles. The van der Waals surface area contributed by atoms with Crippen LogP contribution in [0.25, 0.3) is 89.5 Å². The molecule has 0 fully saturated rings. The van der Waals surface area contributed by atoms with Gasteiger partial charge in [0.1, 0.15) is 11.2 Å². The first-order valence-electron chi connectivity index (χ1n) is 21.0. The molecule has 11 aromatic rings. The molecule has 4 heteroatoms. The van der Waals surface area contributed by atoms with E-state index in [1.807, 2.05) is 36.4 Å². The highest BCUT2D eigenvalue weighted by Crippen LogP contribution is 2.56. The summed E-state index contributed by atoms with van der Waals surface area (Å²) >= 11 is 0. The fourth-order valence-electron chi connectivity index (χ4n) is 9.53. The van der Waals surface area contributed by atoms with Crippen LogP contribution in [0.3, 0.4) is 0 Å². The van der Waals surface area contributed by atoms with Crippen molar-refractivity contribution in [3.63, 3.8) is 0 Å². The molecule has 0 spiro atoms. The number of nitrogens with zero attached hydrogens (tertiary/aromatic N) is 3. The molecule has 0 amide bonds. The largest absolute Gasteiger partial charge is 0.456 e. The molecule has 0 radical (unpaired) electrons. The van der Waals surface area contributed by atoms with Gasteiger partial charge in [-0.3, -0.25) is 0 Å². The number of furan rings is 1. The van der Waals surface area contributed by atoms with Crippen molar-refractivity contribution in [3.8, 4) is 67.5 Å². The third-order valence-electron chi connectivity index (χ3n) is 12.4. The summed E-state index contributed by atoms with van der Waals surface area (Å²) in [6.45, 7) is 0. The molecule has 290 valence electrons. The molecule has 1 aliphatic rings. The number of hydrogen-bond donors (Lipinski definition) is 0. The normalized spacial score (nSPS) is 12.6. The fraction of sp³-hybridized carbons (Fsp3) is 0.0172. The van der Waals surface area contributed by atoms with E-state index in [1.165, 1.54) is 33.4 Å². The molecule has 0 N–H and O–H groups in total. The first-order valence-corrected chi connectivity index (χ1v) is 21.0. The van der Waals surface area contributed by atoms with Crippen LogP contribution < -0.4 is 0 Å². The molecule has 9 aromatic carbocycles. The van der Waals surface area contributed by atoms with Crippen LogP contribution in [-0.2, 0) is 5.41 Å². The van der Waals surface area contributed by atoms with Crippen LogP contribution >= 0.6 is 0 Å². The first-order chi connectivity index (χ1) is 30.7. The van der Waals surface area contributed by atoms with Crippen LogP contribution in [0.2, 0.25) is 0 Å². The number of benzene rings is 9. The predicted molar refractivity (Wildman–Crippen MR) is 252 cm³/mol. The van der Waals surface area contributed by atoms with E-state index in [4.69, 9.17) is 19.4 Å². The molecule has 0 bridgehead atoms. The number of rotatable bonds is 7. The van der Waals surface area contributed by atoms with Crippen molar-refractivity contribution in [2.75, 3.05) is 0 Å². The first kappa shape index (κ1) is 35.7. The van der Waals surface area contributed by atoms with E-state index in [-0.39, 0.29) is 0 Å². The Labute approximate surface area is 359 Å². The van der Waals surface area contributed by atoms with E-state index in [9.17, 15) is 0 Å². The lowest BCUT2D eigenvalue weighted by Gasteiger charge is -2.33. The fourth-order valence-corrected chi connectivity index (χ4v) is 9.53. The van der Waals surface area contributed by atoms with Crippen LogP contribution in [0.1, 0.15) is 22.3 Å². The lowest BCUT2D eigenvalue weighted by molar-refractivity contribution is 0.665. The highest BCUT2D eigenvalue weighted by molar-refractivity contribution is 6.07. The molecule has 62 heavy (non-hydrogen) atoms. The van der Waals surface area contributed by atoms with Crippen molar-refractivity contribution in [2.45, 2.75) is 5.41 Å². The maximum atomic E-state index is 6.68. The highest BCUT2D eigenvalue weighted by Gasteiger charge is 2.46. The number of fused-ring (bicyclic) bond motifs is 6. The van der Waals surface area contributed by atoms with Crippen LogP contribution in [-0.4, -0.2) is 15.0 Å². The van der Waals surface area contributed by atoms with Crippen LogP contribution in [0.5, 0.6) is 0 Å². The molecule has 0 aliphatic heterocycles. The van der Waals surface area contributed by atoms with Crippen molar-refractivity contribution < 1.29 is 4.42 Å². The minimum absolute atomic E-state index is 0.484. The standard InChI is InChI=1S/C58H37N3O/c1-4-15-38(16-5-1)42-19-14-20-44(35-42)57-60-55(40-17-6-2-7-18-40)59-56(61-57)41-29-27-39(28-30-41)43-31-34-53-50(36-43)49-33-32-46(37-54(49)62-53)58(45-21-8-3-9-22-45)51-25-12-10-23-47(51)48-24-11-13-26-52(48)58/h1-37H. The van der Waals surface area contributed by atoms with Crippen LogP contribution in [0, 0.1) is 0 Å². The molecule has 0 unspecified atom stereocenters. The summed E-state index contributed by atoms with van der Waals surface area (Å²) in [5.74, 6) is 1.89. The average molecular weight is 792 g/mol. The zero-order valence-corrected chi connectivity index (χ0v) is 33.6. The molecule has 0 atom stereocenters. The van der Waals surface area contributed by atoms with Gasteiger partial charge in [-0.2, -0.15) is 0 Å². The lowest BCUT2D eigenvalue weighted by atomic mass is 9.67. The summed E-state index contributed by atoms with van der Waals surface area (Å²) in [6.07, 6.45) is 0. The van der Waals surface area contributed by atoms with Gasteiger partial charge in [-0.25, -0.2) is 15.0 Å². The Morgan fingerprint density at radius 1 is 0.290 bits per heavy atom. The zero-order valence-electron chi connectivity index (χ0n) is 33.6. The Kier molecular flexibility index (Phi) is 8.36. The summed E-state index contributed by atoms with van der Waals surface area (Å²) in [6, 6.07) is 79.3. The average Bonchev–Trinajstić information content (AvgIpc) is 3.88. The smallest absolute Gasteiger partial charge is 0.164 e. The van der Waals surface area contributed by atoms with Crippen molar-refractivity contribution in [3.05, 3.63) is 247 Å². The summed E-state index contributed by atoms with van der Waals surface area (Å²) in [5, 5.41) is 2.17. The maximum Gasteiger partial charge on any atom is 0.164 e. The van der Waals surface area contributed by atoms with E-state index >= 15 is 0 Å². The Bertz CT molecular complexity index is 3400. The molecule has 0 saturated heterocycles. The summed E-state index contributed by atoms with van der Waals surface area (Å²) in [5.41, 5.74) is 16.0. The molecule has 0 saturated carbocycles. The number of aromatic nitrogens is 3. The highest BCUT2D eigenvalue weighted by atomic mass is 16.3. The van der Waals surface area contributed by atoms with Crippen LogP contribution in [0.15, 0.2) is 229 Å². The minimum atomic E-state index is -0.484. The Morgan fingerprint density at radius 3 is 1.45 bits per heavy atom. The SMILES string of the molecule is c1ccc(-c2cccc(-c3nc(-c4ccccc4)nc(-c4ccc(-c5ccc6oc7cc(C8(c9ccccc9)c9ccccc9-c9ccccc98)ccc7c6c5)cc4)n3)c2)cc1. The molecular formula is C58H37N3O. The van der Waals surface area contributed by atoms with Gasteiger partial charge in [0.05, 0.1) is 5.41 Å². The van der Waals surface area contributed by atoms with E-state index in [2.05, 4.69) is 188 Å². The van der Waals surface area contributed by atoms with Gasteiger partial charge in [0.2, 0.25) is 0 Å². The van der Waals surface area contributed by atoms with Crippen LogP contribution in [0.4, 0.5) is 0 Å². The van der Waals surface area contributed by atoms with Crippen molar-refractivity contribution in [1.82, 2.24) is 15.0 Å². The van der Waals surface area contributed by atoms with E-state index < -0.39 is 5.41 Å². The monoisotopic (exact) mass is 791 g/mol. The topological polar surface area (TPSA) is 51.8 Å². The van der Waals surface area contributed by atoms with Gasteiger partial charge in [0, 0.05) is 27.5 Å². The van der Waals surface area contributed by atoms with Gasteiger partial charge in [-0.1, -0.05) is 200 Å². The second kappa shape index (κ2) is 14.5. The van der Waals surface area contributed by atoms with Gasteiger partial charge in [-0.15, -0.1) is 0 Å². The van der Waals surface area contributed by atoms with Crippen molar-refractivity contribution in [2.24, 2.45) is 0 Å². The van der Waals surface area contributed by atoms with E-state index in [0.717, 1.165) is 60.9 Å². The Morgan fingerprint density at radius 2 is 0.774 bits per heavy atom. The molecule has 1 aliphatic carbocycles. The molecule has 2 heterocycles. The summed E-state index contributed by atoms with van der Waals surface area (Å²) in [7, 11) is 0. The van der Waals surface area contributed by atoms with E-state index in [1.54, 1.807) is 0 Å². The molecular weight excluding hydrogens is 755 g/mol. The summed E-state index contributed by atoms with van der Waals surface area (Å²) < 4.78 is 6.68. The number of hydrogen-bond acceptors (Lipinski definition) is 4. The molecule has 4 nitrogen and oxygen atoms in total. The zero-order chi connectivity index (χ0) is 41.0.